The van der Waals surface area contributed by atoms with E-state index in [4.69, 9.17) is 16.3 Å². The molecule has 1 spiro atoms. The van der Waals surface area contributed by atoms with Crippen LogP contribution in [-0.2, 0) is 20.7 Å². The second kappa shape index (κ2) is 12.6. The number of nitrogens with one attached hydrogen (secondary N) is 2. The standard InChI is InChI=1S/C31H41ClN6O3S/c1-3-26(39)38-16-15-37(18-22(38)10-13-33)29-24-9-12-31(11-8-20-17-21(32)6-7-25(20)42-31)28(40)27(24)34-30(35-29)41-19-23-5-4-14-36(23)2/h3,6-7,17,22-24,27,29-30,34-35H,1,4-5,8-12,14-16,18-19H2,2H3/t22?,23?,24?,27?,29?,30?,31-/m0/s1. The minimum Gasteiger partial charge on any atom is -0.348 e. The predicted octanol–water partition coefficient (Wildman–Crippen LogP) is 2.99. The van der Waals surface area contributed by atoms with Crippen LogP contribution in [0, 0.1) is 17.2 Å². The molecule has 6 rings (SSSR count). The molecule has 1 saturated carbocycles. The van der Waals surface area contributed by atoms with E-state index in [1.54, 1.807) is 16.7 Å². The molecule has 5 aliphatic rings. The van der Waals surface area contributed by atoms with Crippen LogP contribution in [0.25, 0.3) is 0 Å². The number of nitriles is 1. The number of Topliss-reactive ketones (excluding diaryl/α,β-unsaturated/α-hetero) is 1. The number of ether oxygens (including phenoxy) is 1. The normalized spacial score (nSPS) is 35.5. The number of likely N-dealkylation sites (tertiary alicyclic amines) is 1. The van der Waals surface area contributed by atoms with E-state index in [0.717, 1.165) is 48.6 Å². The molecular formula is C31H41ClN6O3S. The third-order valence-electron chi connectivity index (χ3n) is 10.0. The number of hydrogen-bond acceptors (Lipinski definition) is 9. The molecular weight excluding hydrogens is 572 g/mol. The van der Waals surface area contributed by atoms with Crippen LogP contribution in [-0.4, -0.2) is 102 Å². The van der Waals surface area contributed by atoms with Crippen LogP contribution in [0.15, 0.2) is 35.7 Å². The lowest BCUT2D eigenvalue weighted by molar-refractivity contribution is -0.145. The number of benzene rings is 1. The number of piperazine rings is 1. The zero-order chi connectivity index (χ0) is 29.4. The number of ketones is 1. The van der Waals surface area contributed by atoms with Gasteiger partial charge in [-0.1, -0.05) is 18.2 Å². The number of carbonyl (C=O) groups is 2. The van der Waals surface area contributed by atoms with Crippen LogP contribution >= 0.6 is 23.4 Å². The summed E-state index contributed by atoms with van der Waals surface area (Å²) in [7, 11) is 2.14. The fourth-order valence-corrected chi connectivity index (χ4v) is 9.37. The molecule has 2 N–H and O–H groups in total. The highest BCUT2D eigenvalue weighted by Crippen LogP contribution is 2.51. The van der Waals surface area contributed by atoms with Crippen LogP contribution < -0.4 is 10.6 Å². The van der Waals surface area contributed by atoms with E-state index >= 15 is 0 Å². The molecule has 11 heteroatoms. The van der Waals surface area contributed by atoms with Crippen molar-refractivity contribution in [1.29, 1.82) is 5.26 Å². The van der Waals surface area contributed by atoms with Crippen LogP contribution in [0.3, 0.4) is 0 Å². The Hall–Kier alpha value is -1.97. The number of hydrogen-bond donors (Lipinski definition) is 2. The maximum absolute atomic E-state index is 14.5. The van der Waals surface area contributed by atoms with Gasteiger partial charge in [-0.3, -0.25) is 25.1 Å². The molecule has 6 unspecified atom stereocenters. The first-order valence-corrected chi connectivity index (χ1v) is 16.4. The second-order valence-electron chi connectivity index (χ2n) is 12.4. The number of rotatable bonds is 6. The summed E-state index contributed by atoms with van der Waals surface area (Å²) in [5.74, 6) is 0.170. The van der Waals surface area contributed by atoms with Crippen molar-refractivity contribution in [2.45, 2.75) is 85.2 Å². The van der Waals surface area contributed by atoms with Crippen molar-refractivity contribution in [2.75, 3.05) is 39.8 Å². The SMILES string of the molecule is C=CC(=O)N1CCN(C2NC(OCC3CCCN3C)NC3C(=O)[C@]4(CCc5cc(Cl)ccc5S4)CCC32)CC1CC#N. The minimum atomic E-state index is -0.467. The topological polar surface area (TPSA) is 101 Å². The number of fused-ring (bicyclic) bond motifs is 2. The Kier molecular flexibility index (Phi) is 9.00. The lowest BCUT2D eigenvalue weighted by Gasteiger charge is -2.55. The lowest BCUT2D eigenvalue weighted by atomic mass is 9.72. The number of amides is 1. The first-order chi connectivity index (χ1) is 20.3. The molecule has 9 nitrogen and oxygen atoms in total. The van der Waals surface area contributed by atoms with Crippen molar-refractivity contribution in [2.24, 2.45) is 5.92 Å². The summed E-state index contributed by atoms with van der Waals surface area (Å²) in [6.07, 6.45) is 6.64. The highest BCUT2D eigenvalue weighted by atomic mass is 35.5. The molecule has 7 atom stereocenters. The highest BCUT2D eigenvalue weighted by molar-refractivity contribution is 8.01. The summed E-state index contributed by atoms with van der Waals surface area (Å²) in [5.41, 5.74) is 1.22. The van der Waals surface area contributed by atoms with E-state index < -0.39 is 11.1 Å². The Morgan fingerprint density at radius 2 is 2.12 bits per heavy atom. The monoisotopic (exact) mass is 612 g/mol. The third-order valence-corrected chi connectivity index (χ3v) is 11.9. The number of thioether (sulfide) groups is 1. The maximum Gasteiger partial charge on any atom is 0.246 e. The molecule has 1 aromatic carbocycles. The smallest absolute Gasteiger partial charge is 0.246 e. The number of halogens is 1. The van der Waals surface area contributed by atoms with Gasteiger partial charge in [-0.25, -0.2) is 0 Å². The average Bonchev–Trinajstić information content (AvgIpc) is 3.42. The molecule has 3 saturated heterocycles. The Morgan fingerprint density at radius 1 is 1.26 bits per heavy atom. The minimum absolute atomic E-state index is 0.0498. The fraction of sp³-hybridized carbons (Fsp3) is 0.645. The Labute approximate surface area is 257 Å². The van der Waals surface area contributed by atoms with Crippen molar-refractivity contribution >= 4 is 35.1 Å². The first-order valence-electron chi connectivity index (χ1n) is 15.2. The van der Waals surface area contributed by atoms with Gasteiger partial charge in [-0.2, -0.15) is 5.26 Å². The predicted molar refractivity (Wildman–Crippen MR) is 163 cm³/mol. The van der Waals surface area contributed by atoms with Gasteiger partial charge in [-0.05, 0) is 82.0 Å². The van der Waals surface area contributed by atoms with Gasteiger partial charge in [0.15, 0.2) is 12.1 Å². The molecule has 0 bridgehead atoms. The van der Waals surface area contributed by atoms with Gasteiger partial charge >= 0.3 is 0 Å². The van der Waals surface area contributed by atoms with Crippen LogP contribution in [0.5, 0.6) is 0 Å². The zero-order valence-electron chi connectivity index (χ0n) is 24.3. The maximum atomic E-state index is 14.5. The molecule has 1 aliphatic carbocycles. The lowest BCUT2D eigenvalue weighted by Crippen LogP contribution is -2.75. The molecule has 1 amide bonds. The van der Waals surface area contributed by atoms with Gasteiger partial charge in [0.2, 0.25) is 5.91 Å². The van der Waals surface area contributed by atoms with Gasteiger partial charge in [0.1, 0.15) is 0 Å². The quantitative estimate of drug-likeness (QED) is 0.470. The first kappa shape index (κ1) is 30.1. The van der Waals surface area contributed by atoms with Crippen molar-refractivity contribution < 1.29 is 14.3 Å². The largest absolute Gasteiger partial charge is 0.348 e. The Balaban J connectivity index is 1.24. The number of carbonyl (C=O) groups excluding carboxylic acids is 2. The molecule has 4 aliphatic heterocycles. The molecule has 226 valence electrons. The van der Waals surface area contributed by atoms with E-state index in [2.05, 4.69) is 46.2 Å². The van der Waals surface area contributed by atoms with E-state index in [1.165, 1.54) is 18.1 Å². The zero-order valence-corrected chi connectivity index (χ0v) is 25.8. The van der Waals surface area contributed by atoms with E-state index in [9.17, 15) is 14.9 Å². The Bertz CT molecular complexity index is 1260. The summed E-state index contributed by atoms with van der Waals surface area (Å²) in [5, 5.41) is 17.6. The van der Waals surface area contributed by atoms with E-state index in [0.29, 0.717) is 32.3 Å². The summed E-state index contributed by atoms with van der Waals surface area (Å²) >= 11 is 7.99. The van der Waals surface area contributed by atoms with Crippen molar-refractivity contribution in [3.8, 4) is 6.07 Å². The van der Waals surface area contributed by atoms with Crippen molar-refractivity contribution in [1.82, 2.24) is 25.3 Å². The molecule has 4 fully saturated rings. The highest BCUT2D eigenvalue weighted by Gasteiger charge is 2.55. The summed E-state index contributed by atoms with van der Waals surface area (Å²) < 4.78 is 5.99. The molecule has 4 heterocycles. The van der Waals surface area contributed by atoms with Crippen LogP contribution in [0.1, 0.15) is 44.1 Å². The van der Waals surface area contributed by atoms with Gasteiger partial charge in [-0.15, -0.1) is 11.8 Å². The third kappa shape index (κ3) is 5.77. The van der Waals surface area contributed by atoms with E-state index in [1.807, 2.05) is 12.1 Å². The number of nitrogens with zero attached hydrogens (tertiary/aromatic N) is 4. The molecule has 42 heavy (non-hydrogen) atoms. The van der Waals surface area contributed by atoms with Crippen LogP contribution in [0.2, 0.25) is 5.02 Å². The number of aryl methyl sites for hydroxylation is 1. The number of likely N-dealkylation sites (N-methyl/N-ethyl adjacent to an activating group) is 1. The average molecular weight is 613 g/mol. The molecule has 0 aromatic heterocycles. The summed E-state index contributed by atoms with van der Waals surface area (Å²) in [4.78, 5) is 34.7. The van der Waals surface area contributed by atoms with Gasteiger partial charge < -0.3 is 14.5 Å². The van der Waals surface area contributed by atoms with Gasteiger partial charge in [0.25, 0.3) is 0 Å². The summed E-state index contributed by atoms with van der Waals surface area (Å²) in [6, 6.07) is 8.07. The van der Waals surface area contributed by atoms with E-state index in [-0.39, 0.29) is 42.3 Å². The van der Waals surface area contributed by atoms with Crippen molar-refractivity contribution in [3.63, 3.8) is 0 Å². The molecule has 0 radical (unpaired) electrons. The Morgan fingerprint density at radius 3 is 2.88 bits per heavy atom. The van der Waals surface area contributed by atoms with Gasteiger partial charge in [0.05, 0.1) is 42.1 Å². The van der Waals surface area contributed by atoms with Crippen molar-refractivity contribution in [3.05, 3.63) is 41.4 Å². The fourth-order valence-electron chi connectivity index (χ4n) is 7.68. The molecule has 1 aromatic rings. The van der Waals surface area contributed by atoms with Gasteiger partial charge in [0, 0.05) is 41.5 Å². The summed E-state index contributed by atoms with van der Waals surface area (Å²) in [6.45, 7) is 7.06. The second-order valence-corrected chi connectivity index (χ2v) is 14.3. The van der Waals surface area contributed by atoms with Crippen LogP contribution in [0.4, 0.5) is 0 Å².